The van der Waals surface area contributed by atoms with Crippen molar-refractivity contribution in [1.29, 1.82) is 0 Å². The molecular formula is C17H25N5O. The maximum absolute atomic E-state index is 12.1. The summed E-state index contributed by atoms with van der Waals surface area (Å²) in [7, 11) is 1.86. The maximum atomic E-state index is 12.1. The van der Waals surface area contributed by atoms with Gasteiger partial charge in [-0.3, -0.25) is 15.0 Å². The van der Waals surface area contributed by atoms with Gasteiger partial charge in [-0.25, -0.2) is 4.79 Å². The Morgan fingerprint density at radius 3 is 2.78 bits per heavy atom. The molecule has 2 rings (SSSR count). The Balaban J connectivity index is 1.82. The van der Waals surface area contributed by atoms with Crippen LogP contribution in [0.2, 0.25) is 0 Å². The fourth-order valence-electron chi connectivity index (χ4n) is 2.63. The average molecular weight is 315 g/mol. The van der Waals surface area contributed by atoms with E-state index in [0.29, 0.717) is 6.54 Å². The molecule has 0 aliphatic carbocycles. The van der Waals surface area contributed by atoms with Crippen LogP contribution in [0.25, 0.3) is 0 Å². The number of rotatable bonds is 7. The van der Waals surface area contributed by atoms with Crippen molar-refractivity contribution in [2.24, 2.45) is 7.05 Å². The quantitative estimate of drug-likeness (QED) is 0.772. The number of carbonyl (C=O) groups excluding carboxylic acids is 1. The number of hydrogen-bond donors (Lipinski definition) is 2. The molecular weight excluding hydrogens is 290 g/mol. The number of hydrogen-bond acceptors (Lipinski definition) is 3. The monoisotopic (exact) mass is 315 g/mol. The van der Waals surface area contributed by atoms with Crippen molar-refractivity contribution in [2.45, 2.75) is 39.5 Å². The molecule has 0 fully saturated rings. The van der Waals surface area contributed by atoms with E-state index in [9.17, 15) is 4.79 Å². The summed E-state index contributed by atoms with van der Waals surface area (Å²) >= 11 is 0. The van der Waals surface area contributed by atoms with E-state index in [1.54, 1.807) is 10.9 Å². The van der Waals surface area contributed by atoms with E-state index in [1.807, 2.05) is 25.4 Å². The molecule has 2 aromatic rings. The number of carbonyl (C=O) groups is 1. The molecule has 0 aliphatic rings. The third kappa shape index (κ3) is 4.55. The molecule has 0 saturated heterocycles. The van der Waals surface area contributed by atoms with Gasteiger partial charge in [0.2, 0.25) is 0 Å². The first kappa shape index (κ1) is 17.0. The van der Waals surface area contributed by atoms with Crippen LogP contribution >= 0.6 is 0 Å². The van der Waals surface area contributed by atoms with E-state index in [1.165, 1.54) is 5.56 Å². The van der Waals surface area contributed by atoms with E-state index in [-0.39, 0.29) is 6.03 Å². The van der Waals surface area contributed by atoms with Crippen LogP contribution in [0, 0.1) is 0 Å². The van der Waals surface area contributed by atoms with Crippen molar-refractivity contribution in [3.63, 3.8) is 0 Å². The summed E-state index contributed by atoms with van der Waals surface area (Å²) in [5, 5.41) is 10.3. The molecule has 0 radical (unpaired) electrons. The molecule has 0 unspecified atom stereocenters. The van der Waals surface area contributed by atoms with Crippen molar-refractivity contribution in [2.75, 3.05) is 11.9 Å². The number of anilines is 1. The van der Waals surface area contributed by atoms with Crippen LogP contribution < -0.4 is 10.6 Å². The lowest BCUT2D eigenvalue weighted by atomic mass is 10.1. The molecule has 0 saturated carbocycles. The Morgan fingerprint density at radius 1 is 1.30 bits per heavy atom. The number of aromatic nitrogens is 3. The van der Waals surface area contributed by atoms with Crippen LogP contribution in [-0.4, -0.2) is 27.3 Å². The maximum Gasteiger partial charge on any atom is 0.320 e. The van der Waals surface area contributed by atoms with Gasteiger partial charge >= 0.3 is 6.03 Å². The van der Waals surface area contributed by atoms with Crippen molar-refractivity contribution in [3.05, 3.63) is 41.3 Å². The minimum absolute atomic E-state index is 0.184. The van der Waals surface area contributed by atoms with Crippen LogP contribution in [0.1, 0.15) is 37.1 Å². The normalized spacial score (nSPS) is 10.6. The molecule has 0 atom stereocenters. The molecule has 2 heterocycles. The molecule has 124 valence electrons. The highest BCUT2D eigenvalue weighted by molar-refractivity contribution is 5.89. The molecule has 2 amide bonds. The van der Waals surface area contributed by atoms with Gasteiger partial charge in [0.15, 0.2) is 0 Å². The summed E-state index contributed by atoms with van der Waals surface area (Å²) in [6.45, 7) is 4.78. The van der Waals surface area contributed by atoms with E-state index >= 15 is 0 Å². The van der Waals surface area contributed by atoms with Gasteiger partial charge in [-0.2, -0.15) is 5.10 Å². The standard InChI is InChI=1S/C17H25N5O/c1-4-14-15(5-2)21-22(3)16(14)20-17(23)19-11-7-9-13-8-6-10-18-12-13/h6,8,10,12H,4-5,7,9,11H2,1-3H3,(H2,19,20,23). The second-order valence-corrected chi connectivity index (χ2v) is 5.45. The molecule has 2 aromatic heterocycles. The largest absolute Gasteiger partial charge is 0.338 e. The molecule has 0 aliphatic heterocycles. The van der Waals surface area contributed by atoms with E-state index in [4.69, 9.17) is 0 Å². The van der Waals surface area contributed by atoms with Gasteiger partial charge in [0.25, 0.3) is 0 Å². The Bertz CT molecular complexity index is 636. The molecule has 0 aromatic carbocycles. The minimum Gasteiger partial charge on any atom is -0.338 e. The summed E-state index contributed by atoms with van der Waals surface area (Å²) in [5.74, 6) is 0.786. The summed E-state index contributed by atoms with van der Waals surface area (Å²) < 4.78 is 1.74. The van der Waals surface area contributed by atoms with Crippen molar-refractivity contribution in [1.82, 2.24) is 20.1 Å². The Labute approximate surface area is 137 Å². The number of nitrogens with zero attached hydrogens (tertiary/aromatic N) is 3. The zero-order chi connectivity index (χ0) is 16.7. The number of pyridine rings is 1. The molecule has 0 spiro atoms. The fourth-order valence-corrected chi connectivity index (χ4v) is 2.63. The summed E-state index contributed by atoms with van der Waals surface area (Å²) in [6.07, 6.45) is 7.12. The Hall–Kier alpha value is -2.37. The van der Waals surface area contributed by atoms with E-state index in [0.717, 1.165) is 42.8 Å². The smallest absolute Gasteiger partial charge is 0.320 e. The van der Waals surface area contributed by atoms with Gasteiger partial charge in [-0.1, -0.05) is 19.9 Å². The van der Waals surface area contributed by atoms with Gasteiger partial charge in [-0.05, 0) is 37.3 Å². The molecule has 23 heavy (non-hydrogen) atoms. The number of urea groups is 1. The highest BCUT2D eigenvalue weighted by atomic mass is 16.2. The molecule has 2 N–H and O–H groups in total. The van der Waals surface area contributed by atoms with Crippen molar-refractivity contribution < 1.29 is 4.79 Å². The number of amides is 2. The van der Waals surface area contributed by atoms with Crippen LogP contribution in [0.15, 0.2) is 24.5 Å². The lowest BCUT2D eigenvalue weighted by molar-refractivity contribution is 0.252. The minimum atomic E-state index is -0.184. The number of nitrogens with one attached hydrogen (secondary N) is 2. The lowest BCUT2D eigenvalue weighted by Crippen LogP contribution is -2.30. The first-order valence-corrected chi connectivity index (χ1v) is 8.14. The second-order valence-electron chi connectivity index (χ2n) is 5.45. The molecule has 0 bridgehead atoms. The number of aryl methyl sites for hydroxylation is 3. The van der Waals surface area contributed by atoms with Gasteiger partial charge < -0.3 is 5.32 Å². The Morgan fingerprint density at radius 2 is 2.13 bits per heavy atom. The first-order chi connectivity index (χ1) is 11.2. The second kappa shape index (κ2) is 8.31. The van der Waals surface area contributed by atoms with Gasteiger partial charge in [0, 0.05) is 31.5 Å². The highest BCUT2D eigenvalue weighted by Gasteiger charge is 2.15. The van der Waals surface area contributed by atoms with Gasteiger partial charge in [-0.15, -0.1) is 0 Å². The summed E-state index contributed by atoms with van der Waals surface area (Å²) in [6, 6.07) is 3.79. The average Bonchev–Trinajstić information content (AvgIpc) is 2.87. The van der Waals surface area contributed by atoms with Gasteiger partial charge in [0.1, 0.15) is 5.82 Å². The third-order valence-corrected chi connectivity index (χ3v) is 3.80. The topological polar surface area (TPSA) is 71.8 Å². The third-order valence-electron chi connectivity index (χ3n) is 3.80. The van der Waals surface area contributed by atoms with Crippen LogP contribution in [-0.2, 0) is 26.3 Å². The predicted octanol–water partition coefficient (Wildman–Crippen LogP) is 2.69. The van der Waals surface area contributed by atoms with Crippen molar-refractivity contribution in [3.8, 4) is 0 Å². The predicted molar refractivity (Wildman–Crippen MR) is 91.5 cm³/mol. The first-order valence-electron chi connectivity index (χ1n) is 8.14. The van der Waals surface area contributed by atoms with Gasteiger partial charge in [0.05, 0.1) is 5.69 Å². The zero-order valence-corrected chi connectivity index (χ0v) is 14.1. The zero-order valence-electron chi connectivity index (χ0n) is 14.1. The summed E-state index contributed by atoms with van der Waals surface area (Å²) in [5.41, 5.74) is 3.34. The van der Waals surface area contributed by atoms with Crippen molar-refractivity contribution >= 4 is 11.8 Å². The molecule has 6 heteroatoms. The fraction of sp³-hybridized carbons (Fsp3) is 0.471. The van der Waals surface area contributed by atoms with Crippen LogP contribution in [0.5, 0.6) is 0 Å². The van der Waals surface area contributed by atoms with Crippen LogP contribution in [0.4, 0.5) is 10.6 Å². The summed E-state index contributed by atoms with van der Waals surface area (Å²) in [4.78, 5) is 16.2. The van der Waals surface area contributed by atoms with E-state index in [2.05, 4.69) is 34.6 Å². The SMILES string of the molecule is CCc1nn(C)c(NC(=O)NCCCc2cccnc2)c1CC. The van der Waals surface area contributed by atoms with Crippen LogP contribution in [0.3, 0.4) is 0 Å². The van der Waals surface area contributed by atoms with E-state index < -0.39 is 0 Å². The molecule has 6 nitrogen and oxygen atoms in total. The Kier molecular flexibility index (Phi) is 6.14. The highest BCUT2D eigenvalue weighted by Crippen LogP contribution is 2.20. The lowest BCUT2D eigenvalue weighted by Gasteiger charge is -2.09.